The Hall–Kier alpha value is -0.520. The van der Waals surface area contributed by atoms with E-state index in [2.05, 4.69) is 20.8 Å². The molecular formula is C7H6BrF2NO. The molecular weight excluding hydrogens is 232 g/mol. The van der Waals surface area contributed by atoms with Gasteiger partial charge >= 0.3 is 0 Å². The first-order valence-electron chi connectivity index (χ1n) is 3.10. The molecule has 1 aromatic rings. The SMILES string of the molecule is NOCc1cc(F)cc(F)c1Br. The summed E-state index contributed by atoms with van der Waals surface area (Å²) in [6.07, 6.45) is 0. The van der Waals surface area contributed by atoms with Crippen molar-refractivity contribution in [1.82, 2.24) is 0 Å². The van der Waals surface area contributed by atoms with Gasteiger partial charge in [0, 0.05) is 6.07 Å². The minimum absolute atomic E-state index is 0.0325. The van der Waals surface area contributed by atoms with E-state index < -0.39 is 11.6 Å². The van der Waals surface area contributed by atoms with Gasteiger partial charge in [0.2, 0.25) is 0 Å². The number of nitrogens with two attached hydrogens (primary N) is 1. The molecule has 5 heteroatoms. The molecule has 0 atom stereocenters. The molecule has 0 saturated carbocycles. The number of benzene rings is 1. The minimum Gasteiger partial charge on any atom is -0.300 e. The van der Waals surface area contributed by atoms with Gasteiger partial charge in [-0.2, -0.15) is 0 Å². The maximum absolute atomic E-state index is 12.8. The Bertz CT molecular complexity index is 293. The van der Waals surface area contributed by atoms with Gasteiger partial charge in [-0.25, -0.2) is 14.7 Å². The Labute approximate surface area is 76.4 Å². The van der Waals surface area contributed by atoms with Crippen molar-refractivity contribution in [2.75, 3.05) is 0 Å². The van der Waals surface area contributed by atoms with Gasteiger partial charge in [-0.3, -0.25) is 4.84 Å². The van der Waals surface area contributed by atoms with Gasteiger partial charge < -0.3 is 0 Å². The molecule has 0 bridgehead atoms. The molecule has 0 aromatic heterocycles. The second kappa shape index (κ2) is 3.93. The van der Waals surface area contributed by atoms with Crippen LogP contribution in [0.2, 0.25) is 0 Å². The highest BCUT2D eigenvalue weighted by Crippen LogP contribution is 2.22. The Kier molecular flexibility index (Phi) is 3.13. The van der Waals surface area contributed by atoms with Crippen molar-refractivity contribution in [3.05, 3.63) is 33.8 Å². The zero-order chi connectivity index (χ0) is 9.14. The fourth-order valence-electron chi connectivity index (χ4n) is 0.804. The molecule has 12 heavy (non-hydrogen) atoms. The monoisotopic (exact) mass is 237 g/mol. The predicted octanol–water partition coefficient (Wildman–Crippen LogP) is 2.12. The Morgan fingerprint density at radius 3 is 2.67 bits per heavy atom. The average Bonchev–Trinajstić information content (AvgIpc) is 2.00. The summed E-state index contributed by atoms with van der Waals surface area (Å²) in [6, 6.07) is 1.93. The first-order valence-corrected chi connectivity index (χ1v) is 3.89. The Balaban J connectivity index is 3.09. The van der Waals surface area contributed by atoms with Crippen LogP contribution < -0.4 is 5.90 Å². The number of halogens is 3. The van der Waals surface area contributed by atoms with Crippen LogP contribution in [-0.2, 0) is 11.4 Å². The molecule has 0 spiro atoms. The topological polar surface area (TPSA) is 35.2 Å². The largest absolute Gasteiger partial charge is 0.300 e. The van der Waals surface area contributed by atoms with Crippen LogP contribution in [0.5, 0.6) is 0 Å². The molecule has 0 aliphatic rings. The van der Waals surface area contributed by atoms with Gasteiger partial charge in [-0.05, 0) is 27.6 Å². The molecule has 1 aromatic carbocycles. The van der Waals surface area contributed by atoms with E-state index in [0.717, 1.165) is 12.1 Å². The van der Waals surface area contributed by atoms with Crippen molar-refractivity contribution >= 4 is 15.9 Å². The van der Waals surface area contributed by atoms with Crippen molar-refractivity contribution in [3.63, 3.8) is 0 Å². The van der Waals surface area contributed by atoms with Crippen molar-refractivity contribution in [3.8, 4) is 0 Å². The van der Waals surface area contributed by atoms with Gasteiger partial charge in [0.1, 0.15) is 11.6 Å². The molecule has 0 heterocycles. The number of hydrogen-bond acceptors (Lipinski definition) is 2. The predicted molar refractivity (Wildman–Crippen MR) is 43.0 cm³/mol. The van der Waals surface area contributed by atoms with Gasteiger partial charge in [-0.15, -0.1) is 0 Å². The smallest absolute Gasteiger partial charge is 0.140 e. The number of rotatable bonds is 2. The molecule has 0 saturated heterocycles. The van der Waals surface area contributed by atoms with Crippen LogP contribution in [-0.4, -0.2) is 0 Å². The third kappa shape index (κ3) is 2.00. The molecule has 0 radical (unpaired) electrons. The fourth-order valence-corrected chi connectivity index (χ4v) is 1.15. The zero-order valence-electron chi connectivity index (χ0n) is 5.98. The fraction of sp³-hybridized carbons (Fsp3) is 0.143. The van der Waals surface area contributed by atoms with E-state index >= 15 is 0 Å². The van der Waals surface area contributed by atoms with Crippen molar-refractivity contribution in [2.45, 2.75) is 6.61 Å². The van der Waals surface area contributed by atoms with Crippen LogP contribution in [0.15, 0.2) is 16.6 Å². The lowest BCUT2D eigenvalue weighted by atomic mass is 10.2. The zero-order valence-corrected chi connectivity index (χ0v) is 7.57. The summed E-state index contributed by atoms with van der Waals surface area (Å²) in [7, 11) is 0. The first kappa shape index (κ1) is 9.57. The lowest BCUT2D eigenvalue weighted by Gasteiger charge is -2.03. The third-order valence-corrected chi connectivity index (χ3v) is 2.20. The maximum atomic E-state index is 12.8. The average molecular weight is 238 g/mol. The van der Waals surface area contributed by atoms with Gasteiger partial charge in [-0.1, -0.05) is 0 Å². The second-order valence-corrected chi connectivity index (χ2v) is 2.96. The van der Waals surface area contributed by atoms with Crippen LogP contribution >= 0.6 is 15.9 Å². The molecule has 0 unspecified atom stereocenters. The van der Waals surface area contributed by atoms with Crippen LogP contribution in [0, 0.1) is 11.6 Å². The van der Waals surface area contributed by atoms with E-state index in [1.54, 1.807) is 0 Å². The Morgan fingerprint density at radius 2 is 2.08 bits per heavy atom. The standard InChI is InChI=1S/C7H6BrF2NO/c8-7-4(3-12-11)1-5(9)2-6(7)10/h1-2H,3,11H2. The molecule has 0 fully saturated rings. The summed E-state index contributed by atoms with van der Waals surface area (Å²) >= 11 is 2.94. The molecule has 2 nitrogen and oxygen atoms in total. The highest BCUT2D eigenvalue weighted by atomic mass is 79.9. The molecule has 66 valence electrons. The van der Waals surface area contributed by atoms with Gasteiger partial charge in [0.25, 0.3) is 0 Å². The highest BCUT2D eigenvalue weighted by molar-refractivity contribution is 9.10. The summed E-state index contributed by atoms with van der Waals surface area (Å²) in [6.45, 7) is -0.0325. The van der Waals surface area contributed by atoms with E-state index in [4.69, 9.17) is 5.90 Å². The summed E-state index contributed by atoms with van der Waals surface area (Å²) in [5.74, 6) is 3.45. The van der Waals surface area contributed by atoms with E-state index in [-0.39, 0.29) is 11.1 Å². The van der Waals surface area contributed by atoms with Crippen molar-refractivity contribution in [2.24, 2.45) is 5.90 Å². The van der Waals surface area contributed by atoms with Gasteiger partial charge in [0.15, 0.2) is 0 Å². The lowest BCUT2D eigenvalue weighted by molar-refractivity contribution is 0.123. The maximum Gasteiger partial charge on any atom is 0.140 e. The Morgan fingerprint density at radius 1 is 1.42 bits per heavy atom. The van der Waals surface area contributed by atoms with Crippen molar-refractivity contribution < 1.29 is 13.6 Å². The highest BCUT2D eigenvalue weighted by Gasteiger charge is 2.07. The quantitative estimate of drug-likeness (QED) is 0.632. The summed E-state index contributed by atoms with van der Waals surface area (Å²) in [4.78, 5) is 4.26. The molecule has 2 N–H and O–H groups in total. The van der Waals surface area contributed by atoms with Crippen LogP contribution in [0.25, 0.3) is 0 Å². The summed E-state index contributed by atoms with van der Waals surface area (Å²) in [5, 5.41) is 0. The van der Waals surface area contributed by atoms with E-state index in [9.17, 15) is 8.78 Å². The first-order chi connectivity index (χ1) is 5.65. The lowest BCUT2D eigenvalue weighted by Crippen LogP contribution is -2.01. The second-order valence-electron chi connectivity index (χ2n) is 2.17. The molecule has 0 amide bonds. The summed E-state index contributed by atoms with van der Waals surface area (Å²) < 4.78 is 25.5. The molecule has 1 rings (SSSR count). The minimum atomic E-state index is -0.665. The molecule has 0 aliphatic heterocycles. The van der Waals surface area contributed by atoms with Gasteiger partial charge in [0.05, 0.1) is 11.1 Å². The van der Waals surface area contributed by atoms with Crippen LogP contribution in [0.1, 0.15) is 5.56 Å². The normalized spacial score (nSPS) is 10.3. The van der Waals surface area contributed by atoms with E-state index in [1.165, 1.54) is 0 Å². The summed E-state index contributed by atoms with van der Waals surface area (Å²) in [5.41, 5.74) is 0.343. The van der Waals surface area contributed by atoms with Crippen LogP contribution in [0.4, 0.5) is 8.78 Å². The van der Waals surface area contributed by atoms with Crippen molar-refractivity contribution in [1.29, 1.82) is 0 Å². The van der Waals surface area contributed by atoms with Crippen LogP contribution in [0.3, 0.4) is 0 Å². The van der Waals surface area contributed by atoms with E-state index in [0.29, 0.717) is 5.56 Å². The molecule has 0 aliphatic carbocycles. The van der Waals surface area contributed by atoms with E-state index in [1.807, 2.05) is 0 Å². The third-order valence-electron chi connectivity index (χ3n) is 1.31. The number of hydrogen-bond donors (Lipinski definition) is 1.